The average Bonchev–Trinajstić information content (AvgIpc) is 3.21. The van der Waals surface area contributed by atoms with Crippen LogP contribution in [0.1, 0.15) is 43.7 Å². The zero-order valence-corrected chi connectivity index (χ0v) is 21.1. The number of aliphatic carboxylic acids is 1. The highest BCUT2D eigenvalue weighted by Gasteiger charge is 2.72. The molecule has 6 atom stereocenters. The van der Waals surface area contributed by atoms with Crippen LogP contribution in [0.5, 0.6) is 11.5 Å². The number of methoxy groups -OCH3 is 1. The summed E-state index contributed by atoms with van der Waals surface area (Å²) < 4.78 is 22.9. The number of likely N-dealkylation sites (tertiary alicyclic amines) is 1. The van der Waals surface area contributed by atoms with E-state index in [-0.39, 0.29) is 31.1 Å². The van der Waals surface area contributed by atoms with Crippen LogP contribution in [0.3, 0.4) is 0 Å². The van der Waals surface area contributed by atoms with Gasteiger partial charge in [0.15, 0.2) is 23.7 Å². The second kappa shape index (κ2) is 9.00. The summed E-state index contributed by atoms with van der Waals surface area (Å²) in [5.74, 6) is -1.44. The molecule has 4 N–H and O–H groups in total. The summed E-state index contributed by atoms with van der Waals surface area (Å²) >= 11 is 0. The van der Waals surface area contributed by atoms with Gasteiger partial charge < -0.3 is 39.8 Å². The van der Waals surface area contributed by atoms with Crippen molar-refractivity contribution in [3.63, 3.8) is 0 Å². The van der Waals surface area contributed by atoms with Crippen LogP contribution in [-0.2, 0) is 35.7 Å². The predicted octanol–water partition coefficient (Wildman–Crippen LogP) is 0.640. The number of nitrogens with two attached hydrogens (primary N) is 1. The number of esters is 2. The van der Waals surface area contributed by atoms with Crippen LogP contribution in [-0.4, -0.2) is 83.6 Å². The van der Waals surface area contributed by atoms with Crippen molar-refractivity contribution in [3.05, 3.63) is 35.1 Å². The van der Waals surface area contributed by atoms with Crippen molar-refractivity contribution in [1.29, 1.82) is 0 Å². The molecule has 11 heteroatoms. The lowest BCUT2D eigenvalue weighted by atomic mass is 9.50. The molecule has 200 valence electrons. The SMILES string of the molecule is COc1ccc2c3c1O[C@@H]1C(OC(=O)[C@H](C)OC(=O)[C@@H](N)CCC(=O)O)=CC[C@]4(O)[C@H](C2)N(C)CC[C@@]314. The minimum atomic E-state index is -1.28. The first-order chi connectivity index (χ1) is 17.5. The molecule has 1 fully saturated rings. The Hall–Kier alpha value is -3.15. The molecule has 11 nitrogen and oxygen atoms in total. The number of carboxylic acid groups (broad SMARTS) is 1. The average molecular weight is 517 g/mol. The van der Waals surface area contributed by atoms with Crippen LogP contribution < -0.4 is 15.2 Å². The van der Waals surface area contributed by atoms with Crippen LogP contribution in [0.2, 0.25) is 0 Å². The van der Waals surface area contributed by atoms with E-state index in [1.807, 2.05) is 19.2 Å². The Bertz CT molecular complexity index is 1180. The van der Waals surface area contributed by atoms with Gasteiger partial charge in [-0.15, -0.1) is 0 Å². The van der Waals surface area contributed by atoms with Crippen molar-refractivity contribution in [1.82, 2.24) is 4.90 Å². The van der Waals surface area contributed by atoms with Crippen LogP contribution in [0.25, 0.3) is 0 Å². The summed E-state index contributed by atoms with van der Waals surface area (Å²) in [4.78, 5) is 38.1. The minimum absolute atomic E-state index is 0.115. The van der Waals surface area contributed by atoms with Gasteiger partial charge in [-0.3, -0.25) is 9.59 Å². The van der Waals surface area contributed by atoms with Crippen molar-refractivity contribution in [2.24, 2.45) is 5.73 Å². The summed E-state index contributed by atoms with van der Waals surface area (Å²) in [5, 5.41) is 21.0. The Morgan fingerprint density at radius 1 is 1.30 bits per heavy atom. The number of nitrogens with zero attached hydrogens (tertiary/aromatic N) is 1. The number of carboxylic acids is 1. The molecule has 1 aromatic carbocycles. The maximum absolute atomic E-state index is 13.0. The van der Waals surface area contributed by atoms with Gasteiger partial charge in [-0.1, -0.05) is 6.07 Å². The fourth-order valence-corrected chi connectivity index (χ4v) is 6.49. The molecule has 1 aromatic rings. The lowest BCUT2D eigenvalue weighted by Gasteiger charge is -2.61. The molecule has 2 heterocycles. The molecule has 1 saturated heterocycles. The van der Waals surface area contributed by atoms with E-state index >= 15 is 0 Å². The van der Waals surface area contributed by atoms with E-state index in [1.54, 1.807) is 13.2 Å². The molecule has 0 unspecified atom stereocenters. The third-order valence-corrected chi connectivity index (χ3v) is 8.37. The number of carbonyl (C=O) groups excluding carboxylic acids is 2. The molecule has 5 rings (SSSR count). The van der Waals surface area contributed by atoms with E-state index < -0.39 is 47.2 Å². The van der Waals surface area contributed by atoms with Gasteiger partial charge in [0, 0.05) is 24.4 Å². The molecule has 2 aliphatic carbocycles. The van der Waals surface area contributed by atoms with E-state index in [4.69, 9.17) is 29.8 Å². The standard InChI is InChI=1S/C26H32N2O9/c1-13(35-24(32)15(27)5-7-19(29)30)23(31)36-17-8-9-26(33)18-12-14-4-6-16(34-3)21-20(14)25(26,22(17)37-21)10-11-28(18)2/h4,6,8,13,15,18,22,33H,5,7,9-12,27H2,1-3H3,(H,29,30)/t13-,15-,18-,22+,25+,26-/m0/s1. The number of rotatable bonds is 8. The predicted molar refractivity (Wildman–Crippen MR) is 128 cm³/mol. The quantitative estimate of drug-likeness (QED) is 0.416. The number of piperidine rings is 1. The zero-order chi connectivity index (χ0) is 26.7. The van der Waals surface area contributed by atoms with E-state index in [1.165, 1.54) is 6.92 Å². The van der Waals surface area contributed by atoms with Crippen LogP contribution in [0.4, 0.5) is 0 Å². The first-order valence-electron chi connectivity index (χ1n) is 12.4. The van der Waals surface area contributed by atoms with Crippen molar-refractivity contribution >= 4 is 17.9 Å². The van der Waals surface area contributed by atoms with Crippen molar-refractivity contribution < 1.29 is 43.5 Å². The summed E-state index contributed by atoms with van der Waals surface area (Å²) in [7, 11) is 3.56. The lowest BCUT2D eigenvalue weighted by molar-refractivity contribution is -0.175. The first kappa shape index (κ1) is 25.5. The molecule has 0 radical (unpaired) electrons. The highest BCUT2D eigenvalue weighted by Crippen LogP contribution is 2.65. The molecule has 37 heavy (non-hydrogen) atoms. The number of hydrogen-bond donors (Lipinski definition) is 3. The molecule has 2 aliphatic heterocycles. The Morgan fingerprint density at radius 2 is 2.05 bits per heavy atom. The minimum Gasteiger partial charge on any atom is -0.493 e. The summed E-state index contributed by atoms with van der Waals surface area (Å²) in [6.45, 7) is 2.09. The van der Waals surface area contributed by atoms with Gasteiger partial charge in [0.25, 0.3) is 0 Å². The Kier molecular flexibility index (Phi) is 6.20. The monoisotopic (exact) mass is 516 g/mol. The number of likely N-dealkylation sites (N-methyl/N-ethyl adjacent to an activating group) is 1. The Labute approximate surface area is 214 Å². The third kappa shape index (κ3) is 3.71. The second-order valence-electron chi connectivity index (χ2n) is 10.3. The van der Waals surface area contributed by atoms with Gasteiger partial charge in [-0.25, -0.2) is 4.79 Å². The third-order valence-electron chi connectivity index (χ3n) is 8.37. The lowest BCUT2D eigenvalue weighted by Crippen LogP contribution is -2.74. The number of carbonyl (C=O) groups is 3. The highest BCUT2D eigenvalue weighted by atomic mass is 16.6. The molecule has 0 saturated carbocycles. The molecule has 0 aromatic heterocycles. The fraction of sp³-hybridized carbons (Fsp3) is 0.577. The topological polar surface area (TPSA) is 158 Å². The van der Waals surface area contributed by atoms with E-state index in [9.17, 15) is 19.5 Å². The summed E-state index contributed by atoms with van der Waals surface area (Å²) in [5.41, 5.74) is 5.71. The van der Waals surface area contributed by atoms with Gasteiger partial charge in [-0.2, -0.15) is 0 Å². The van der Waals surface area contributed by atoms with Crippen molar-refractivity contribution in [3.8, 4) is 11.5 Å². The van der Waals surface area contributed by atoms with Gasteiger partial charge >= 0.3 is 17.9 Å². The van der Waals surface area contributed by atoms with Gasteiger partial charge in [0.2, 0.25) is 0 Å². The number of ether oxygens (including phenoxy) is 4. The van der Waals surface area contributed by atoms with E-state index in [2.05, 4.69) is 4.90 Å². The van der Waals surface area contributed by atoms with Crippen molar-refractivity contribution in [2.45, 2.75) is 74.3 Å². The number of benzene rings is 1. The van der Waals surface area contributed by atoms with Crippen LogP contribution >= 0.6 is 0 Å². The zero-order valence-electron chi connectivity index (χ0n) is 21.1. The molecular weight excluding hydrogens is 484 g/mol. The fourth-order valence-electron chi connectivity index (χ4n) is 6.49. The maximum Gasteiger partial charge on any atom is 0.352 e. The molecule has 0 amide bonds. The first-order valence-corrected chi connectivity index (χ1v) is 12.4. The maximum atomic E-state index is 13.0. The van der Waals surface area contributed by atoms with Gasteiger partial charge in [0.1, 0.15) is 11.8 Å². The highest BCUT2D eigenvalue weighted by molar-refractivity contribution is 5.82. The largest absolute Gasteiger partial charge is 0.493 e. The van der Waals surface area contributed by atoms with Gasteiger partial charge in [0.05, 0.1) is 18.1 Å². The van der Waals surface area contributed by atoms with Crippen molar-refractivity contribution in [2.75, 3.05) is 20.7 Å². The number of aliphatic hydroxyl groups is 1. The van der Waals surface area contributed by atoms with E-state index in [0.29, 0.717) is 24.3 Å². The van der Waals surface area contributed by atoms with E-state index in [0.717, 1.165) is 17.7 Å². The van der Waals surface area contributed by atoms with Gasteiger partial charge in [-0.05, 0) is 57.5 Å². The van der Waals surface area contributed by atoms with Crippen LogP contribution in [0, 0.1) is 0 Å². The second-order valence-corrected chi connectivity index (χ2v) is 10.3. The molecule has 4 aliphatic rings. The smallest absolute Gasteiger partial charge is 0.352 e. The molecule has 2 bridgehead atoms. The normalized spacial score (nSPS) is 30.8. The Morgan fingerprint density at radius 3 is 2.76 bits per heavy atom. The number of hydrogen-bond acceptors (Lipinski definition) is 10. The summed E-state index contributed by atoms with van der Waals surface area (Å²) in [6, 6.07) is 2.55. The summed E-state index contributed by atoms with van der Waals surface area (Å²) in [6.07, 6.45) is 0.731. The molecular formula is C26H32N2O9. The molecule has 1 spiro atoms. The Balaban J connectivity index is 1.41. The van der Waals surface area contributed by atoms with Crippen LogP contribution in [0.15, 0.2) is 24.0 Å².